The molecule has 1 aliphatic heterocycles. The molecule has 5 heteroatoms. The SMILES string of the molecule is CC(c1ccc(Cl)cc1Cl)N1CCCC(N)C1.Cl. The van der Waals surface area contributed by atoms with Gasteiger partial charge in [-0.1, -0.05) is 29.3 Å². The number of hydrogen-bond acceptors (Lipinski definition) is 2. The van der Waals surface area contributed by atoms with E-state index in [4.69, 9.17) is 28.9 Å². The van der Waals surface area contributed by atoms with Gasteiger partial charge in [-0.2, -0.15) is 0 Å². The van der Waals surface area contributed by atoms with E-state index < -0.39 is 0 Å². The quantitative estimate of drug-likeness (QED) is 0.898. The summed E-state index contributed by atoms with van der Waals surface area (Å²) in [5, 5.41) is 1.42. The van der Waals surface area contributed by atoms with Crippen molar-refractivity contribution in [3.63, 3.8) is 0 Å². The molecule has 2 N–H and O–H groups in total. The molecule has 1 aliphatic rings. The highest BCUT2D eigenvalue weighted by molar-refractivity contribution is 6.35. The standard InChI is InChI=1S/C13H18Cl2N2.ClH/c1-9(17-6-2-3-11(16)8-17)12-5-4-10(14)7-13(12)15;/h4-5,7,9,11H,2-3,6,8,16H2,1H3;1H. The van der Waals surface area contributed by atoms with Gasteiger partial charge in [-0.3, -0.25) is 4.90 Å². The molecule has 0 radical (unpaired) electrons. The number of rotatable bonds is 2. The van der Waals surface area contributed by atoms with Crippen LogP contribution in [0, 0.1) is 0 Å². The largest absolute Gasteiger partial charge is 0.327 e. The predicted octanol–water partition coefficient (Wildman–Crippen LogP) is 3.90. The highest BCUT2D eigenvalue weighted by Gasteiger charge is 2.23. The van der Waals surface area contributed by atoms with Gasteiger partial charge in [0.05, 0.1) is 0 Å². The summed E-state index contributed by atoms with van der Waals surface area (Å²) in [4.78, 5) is 2.39. The van der Waals surface area contributed by atoms with Crippen molar-refractivity contribution in [1.82, 2.24) is 4.90 Å². The second-order valence-corrected chi connectivity index (χ2v) is 5.58. The lowest BCUT2D eigenvalue weighted by Crippen LogP contribution is -2.43. The lowest BCUT2D eigenvalue weighted by Gasteiger charge is -2.35. The van der Waals surface area contributed by atoms with Gasteiger partial charge >= 0.3 is 0 Å². The zero-order chi connectivity index (χ0) is 12.4. The van der Waals surface area contributed by atoms with E-state index >= 15 is 0 Å². The van der Waals surface area contributed by atoms with Crippen LogP contribution in [0.1, 0.15) is 31.4 Å². The number of benzene rings is 1. The van der Waals surface area contributed by atoms with E-state index in [2.05, 4.69) is 11.8 Å². The molecule has 1 heterocycles. The minimum Gasteiger partial charge on any atom is -0.327 e. The molecule has 102 valence electrons. The Bertz CT molecular complexity index is 398. The third-order valence-electron chi connectivity index (χ3n) is 3.45. The summed E-state index contributed by atoms with van der Waals surface area (Å²) in [7, 11) is 0. The van der Waals surface area contributed by atoms with Crippen LogP contribution in [0.25, 0.3) is 0 Å². The smallest absolute Gasteiger partial charge is 0.0468 e. The molecule has 0 saturated carbocycles. The van der Waals surface area contributed by atoms with Crippen LogP contribution in [0.2, 0.25) is 10.0 Å². The Hall–Kier alpha value is 0.01000. The Morgan fingerprint density at radius 3 is 2.72 bits per heavy atom. The molecule has 2 unspecified atom stereocenters. The van der Waals surface area contributed by atoms with Crippen molar-refractivity contribution >= 4 is 35.6 Å². The third kappa shape index (κ3) is 3.75. The molecule has 0 bridgehead atoms. The first-order valence-electron chi connectivity index (χ1n) is 6.02. The normalized spacial score (nSPS) is 22.3. The topological polar surface area (TPSA) is 29.3 Å². The molecule has 2 nitrogen and oxygen atoms in total. The Morgan fingerprint density at radius 1 is 1.39 bits per heavy atom. The average Bonchev–Trinajstić information content (AvgIpc) is 2.28. The van der Waals surface area contributed by atoms with E-state index in [1.54, 1.807) is 6.07 Å². The van der Waals surface area contributed by atoms with Gasteiger partial charge in [0.1, 0.15) is 0 Å². The first-order valence-corrected chi connectivity index (χ1v) is 6.78. The fraction of sp³-hybridized carbons (Fsp3) is 0.538. The summed E-state index contributed by atoms with van der Waals surface area (Å²) in [6.07, 6.45) is 2.29. The molecular formula is C13H19Cl3N2. The van der Waals surface area contributed by atoms with Crippen LogP contribution < -0.4 is 5.73 Å². The van der Waals surface area contributed by atoms with Crippen LogP contribution in [0.3, 0.4) is 0 Å². The lowest BCUT2D eigenvalue weighted by atomic mass is 10.0. The summed E-state index contributed by atoms with van der Waals surface area (Å²) in [5.74, 6) is 0. The second kappa shape index (κ2) is 6.97. The predicted molar refractivity (Wildman–Crippen MR) is 80.9 cm³/mol. The lowest BCUT2D eigenvalue weighted by molar-refractivity contribution is 0.159. The molecule has 1 saturated heterocycles. The van der Waals surface area contributed by atoms with Gasteiger partial charge in [0.15, 0.2) is 0 Å². The molecule has 1 aromatic carbocycles. The van der Waals surface area contributed by atoms with Gasteiger partial charge in [-0.25, -0.2) is 0 Å². The third-order valence-corrected chi connectivity index (χ3v) is 4.01. The molecule has 0 spiro atoms. The summed E-state index contributed by atoms with van der Waals surface area (Å²) < 4.78 is 0. The minimum absolute atomic E-state index is 0. The van der Waals surface area contributed by atoms with Crippen LogP contribution in [0.4, 0.5) is 0 Å². The van der Waals surface area contributed by atoms with E-state index in [-0.39, 0.29) is 18.4 Å². The zero-order valence-electron chi connectivity index (χ0n) is 10.4. The van der Waals surface area contributed by atoms with Gasteiger partial charge < -0.3 is 5.73 Å². The van der Waals surface area contributed by atoms with Gasteiger partial charge in [-0.05, 0) is 44.0 Å². The van der Waals surface area contributed by atoms with Crippen molar-refractivity contribution in [2.45, 2.75) is 31.8 Å². The van der Waals surface area contributed by atoms with Crippen LogP contribution in [0.15, 0.2) is 18.2 Å². The first-order chi connectivity index (χ1) is 8.08. The molecule has 0 aliphatic carbocycles. The summed E-state index contributed by atoms with van der Waals surface area (Å²) in [5.41, 5.74) is 7.14. The number of nitrogens with two attached hydrogens (primary N) is 1. The highest BCUT2D eigenvalue weighted by Crippen LogP contribution is 2.30. The number of hydrogen-bond donors (Lipinski definition) is 1. The second-order valence-electron chi connectivity index (χ2n) is 4.74. The minimum atomic E-state index is 0. The number of piperidine rings is 1. The van der Waals surface area contributed by atoms with Crippen molar-refractivity contribution in [3.05, 3.63) is 33.8 Å². The van der Waals surface area contributed by atoms with Gasteiger partial charge in [0.2, 0.25) is 0 Å². The first kappa shape index (κ1) is 16.1. The molecule has 1 fully saturated rings. The molecular weight excluding hydrogens is 291 g/mol. The molecule has 0 amide bonds. The number of nitrogens with zero attached hydrogens (tertiary/aromatic N) is 1. The van der Waals surface area contributed by atoms with E-state index in [0.29, 0.717) is 11.1 Å². The summed E-state index contributed by atoms with van der Waals surface area (Å²) in [6, 6.07) is 6.29. The summed E-state index contributed by atoms with van der Waals surface area (Å²) >= 11 is 12.2. The molecule has 18 heavy (non-hydrogen) atoms. The van der Waals surface area contributed by atoms with Crippen LogP contribution in [-0.2, 0) is 0 Å². The fourth-order valence-electron chi connectivity index (χ4n) is 2.43. The van der Waals surface area contributed by atoms with Gasteiger partial charge in [0, 0.05) is 28.7 Å². The molecule has 0 aromatic heterocycles. The maximum atomic E-state index is 6.24. The van der Waals surface area contributed by atoms with E-state index in [1.165, 1.54) is 0 Å². The molecule has 2 atom stereocenters. The van der Waals surface area contributed by atoms with E-state index in [1.807, 2.05) is 12.1 Å². The Labute approximate surface area is 125 Å². The van der Waals surface area contributed by atoms with Crippen LogP contribution >= 0.6 is 35.6 Å². The maximum Gasteiger partial charge on any atom is 0.0468 e. The van der Waals surface area contributed by atoms with Crippen molar-refractivity contribution in [2.24, 2.45) is 5.73 Å². The fourth-order valence-corrected chi connectivity index (χ4v) is 3.00. The van der Waals surface area contributed by atoms with Gasteiger partial charge in [-0.15, -0.1) is 12.4 Å². The Balaban J connectivity index is 0.00000162. The van der Waals surface area contributed by atoms with Crippen LogP contribution in [-0.4, -0.2) is 24.0 Å². The average molecular weight is 310 g/mol. The van der Waals surface area contributed by atoms with Crippen molar-refractivity contribution in [3.8, 4) is 0 Å². The Morgan fingerprint density at radius 2 is 2.11 bits per heavy atom. The van der Waals surface area contributed by atoms with Crippen molar-refractivity contribution in [2.75, 3.05) is 13.1 Å². The van der Waals surface area contributed by atoms with E-state index in [0.717, 1.165) is 36.5 Å². The molecule has 1 aromatic rings. The molecule has 2 rings (SSSR count). The zero-order valence-corrected chi connectivity index (χ0v) is 12.7. The van der Waals surface area contributed by atoms with Gasteiger partial charge in [0.25, 0.3) is 0 Å². The number of likely N-dealkylation sites (tertiary alicyclic amines) is 1. The maximum absolute atomic E-state index is 6.24. The Kier molecular flexibility index (Phi) is 6.22. The van der Waals surface area contributed by atoms with E-state index in [9.17, 15) is 0 Å². The highest BCUT2D eigenvalue weighted by atomic mass is 35.5. The van der Waals surface area contributed by atoms with Crippen molar-refractivity contribution < 1.29 is 0 Å². The summed E-state index contributed by atoms with van der Waals surface area (Å²) in [6.45, 7) is 4.21. The number of halogens is 3. The van der Waals surface area contributed by atoms with Crippen molar-refractivity contribution in [1.29, 1.82) is 0 Å². The monoisotopic (exact) mass is 308 g/mol. The van der Waals surface area contributed by atoms with Crippen LogP contribution in [0.5, 0.6) is 0 Å².